The fourth-order valence-electron chi connectivity index (χ4n) is 1.02. The second-order valence-corrected chi connectivity index (χ2v) is 3.04. The smallest absolute Gasteiger partial charge is 0.265 e. The van der Waals surface area contributed by atoms with Gasteiger partial charge in [-0.25, -0.2) is 5.43 Å². The minimum Gasteiger partial charge on any atom is -0.359 e. The molecule has 0 bridgehead atoms. The maximum absolute atomic E-state index is 11.5. The highest BCUT2D eigenvalue weighted by Crippen LogP contribution is 1.94. The molecule has 0 unspecified atom stereocenters. The average Bonchev–Trinajstić information content (AvgIpc) is 2.35. The van der Waals surface area contributed by atoms with Crippen LogP contribution < -0.4 is 16.2 Å². The van der Waals surface area contributed by atoms with Gasteiger partial charge >= 0.3 is 0 Å². The molecule has 3 N–H and O–H groups in total. The Morgan fingerprint density at radius 1 is 1.31 bits per heavy atom. The van der Waals surface area contributed by atoms with E-state index in [1.165, 1.54) is 0 Å². The van der Waals surface area contributed by atoms with Crippen molar-refractivity contribution in [2.45, 2.75) is 6.42 Å². The highest BCUT2D eigenvalue weighted by atomic mass is 16.2. The number of amides is 2. The number of hydrazine groups is 1. The van der Waals surface area contributed by atoms with Gasteiger partial charge in [0.15, 0.2) is 0 Å². The van der Waals surface area contributed by atoms with Crippen LogP contribution in [0.3, 0.4) is 0 Å². The minimum absolute atomic E-state index is 0.0781. The summed E-state index contributed by atoms with van der Waals surface area (Å²) in [5.41, 5.74) is 5.67. The number of aromatic nitrogens is 1. The van der Waals surface area contributed by atoms with Crippen molar-refractivity contribution in [3.8, 4) is 0 Å². The van der Waals surface area contributed by atoms with E-state index in [-0.39, 0.29) is 11.8 Å². The van der Waals surface area contributed by atoms with E-state index in [1.807, 2.05) is 0 Å². The SMILES string of the molecule is CNC(=O)CCNNC(=O)c1ccncc1. The molecular weight excluding hydrogens is 208 g/mol. The van der Waals surface area contributed by atoms with E-state index in [4.69, 9.17) is 0 Å². The number of carbonyl (C=O) groups is 2. The summed E-state index contributed by atoms with van der Waals surface area (Å²) in [7, 11) is 1.57. The zero-order valence-corrected chi connectivity index (χ0v) is 8.99. The Morgan fingerprint density at radius 2 is 2.00 bits per heavy atom. The van der Waals surface area contributed by atoms with E-state index in [0.29, 0.717) is 18.5 Å². The van der Waals surface area contributed by atoms with Crippen LogP contribution in [0.2, 0.25) is 0 Å². The quantitative estimate of drug-likeness (QED) is 0.461. The van der Waals surface area contributed by atoms with Gasteiger partial charge in [0, 0.05) is 38.0 Å². The maximum atomic E-state index is 11.5. The van der Waals surface area contributed by atoms with Crippen LogP contribution >= 0.6 is 0 Å². The van der Waals surface area contributed by atoms with Gasteiger partial charge in [0.1, 0.15) is 0 Å². The Morgan fingerprint density at radius 3 is 2.62 bits per heavy atom. The molecule has 6 nitrogen and oxygen atoms in total. The number of carbonyl (C=O) groups excluding carboxylic acids is 2. The first-order valence-corrected chi connectivity index (χ1v) is 4.88. The molecule has 1 aromatic rings. The number of nitrogens with one attached hydrogen (secondary N) is 3. The van der Waals surface area contributed by atoms with Gasteiger partial charge < -0.3 is 5.32 Å². The number of hydrogen-bond acceptors (Lipinski definition) is 4. The molecule has 0 aliphatic rings. The third-order valence-electron chi connectivity index (χ3n) is 1.90. The van der Waals surface area contributed by atoms with E-state index < -0.39 is 0 Å². The first kappa shape index (κ1) is 12.1. The lowest BCUT2D eigenvalue weighted by Gasteiger charge is -2.06. The van der Waals surface area contributed by atoms with Crippen molar-refractivity contribution < 1.29 is 9.59 Å². The third-order valence-corrected chi connectivity index (χ3v) is 1.90. The molecule has 1 aromatic heterocycles. The molecular formula is C10H14N4O2. The molecule has 6 heteroatoms. The van der Waals surface area contributed by atoms with Crippen molar-refractivity contribution in [1.82, 2.24) is 21.2 Å². The van der Waals surface area contributed by atoms with Gasteiger partial charge in [-0.15, -0.1) is 0 Å². The van der Waals surface area contributed by atoms with Gasteiger partial charge in [-0.1, -0.05) is 0 Å². The van der Waals surface area contributed by atoms with Crippen LogP contribution in [0, 0.1) is 0 Å². The summed E-state index contributed by atoms with van der Waals surface area (Å²) < 4.78 is 0. The fraction of sp³-hybridized carbons (Fsp3) is 0.300. The van der Waals surface area contributed by atoms with Crippen LogP contribution in [0.1, 0.15) is 16.8 Å². The Balaban J connectivity index is 2.24. The van der Waals surface area contributed by atoms with Gasteiger partial charge in [0.25, 0.3) is 5.91 Å². The summed E-state index contributed by atoms with van der Waals surface area (Å²) in [6.45, 7) is 0.385. The van der Waals surface area contributed by atoms with Gasteiger partial charge in [-0.3, -0.25) is 20.0 Å². The van der Waals surface area contributed by atoms with Crippen LogP contribution in [0.25, 0.3) is 0 Å². The molecule has 0 aliphatic heterocycles. The third kappa shape index (κ3) is 4.05. The van der Waals surface area contributed by atoms with Crippen molar-refractivity contribution in [1.29, 1.82) is 0 Å². The van der Waals surface area contributed by atoms with Crippen LogP contribution in [-0.4, -0.2) is 30.4 Å². The standard InChI is InChI=1S/C10H14N4O2/c1-11-9(15)4-7-13-14-10(16)8-2-5-12-6-3-8/h2-3,5-6,13H,4,7H2,1H3,(H,11,15)(H,14,16). The first-order valence-electron chi connectivity index (χ1n) is 4.88. The lowest BCUT2D eigenvalue weighted by atomic mass is 10.3. The van der Waals surface area contributed by atoms with E-state index in [9.17, 15) is 9.59 Å². The van der Waals surface area contributed by atoms with Gasteiger partial charge in [0.2, 0.25) is 5.91 Å². The molecule has 1 rings (SSSR count). The van der Waals surface area contributed by atoms with Gasteiger partial charge in [-0.2, -0.15) is 0 Å². The minimum atomic E-state index is -0.251. The molecule has 16 heavy (non-hydrogen) atoms. The predicted octanol–water partition coefficient (Wildman–Crippen LogP) is -0.548. The fourth-order valence-corrected chi connectivity index (χ4v) is 1.02. The molecule has 0 aromatic carbocycles. The van der Waals surface area contributed by atoms with Crippen LogP contribution in [0.15, 0.2) is 24.5 Å². The van der Waals surface area contributed by atoms with Crippen molar-refractivity contribution in [2.24, 2.45) is 0 Å². The summed E-state index contributed by atoms with van der Waals surface area (Å²) in [5.74, 6) is -0.329. The van der Waals surface area contributed by atoms with Crippen LogP contribution in [0.5, 0.6) is 0 Å². The van der Waals surface area contributed by atoms with Crippen LogP contribution in [0.4, 0.5) is 0 Å². The number of rotatable bonds is 5. The molecule has 0 aliphatic carbocycles. The topological polar surface area (TPSA) is 83.1 Å². The Bertz CT molecular complexity index is 353. The van der Waals surface area contributed by atoms with E-state index in [1.54, 1.807) is 31.6 Å². The molecule has 0 saturated heterocycles. The van der Waals surface area contributed by atoms with Crippen molar-refractivity contribution >= 4 is 11.8 Å². The van der Waals surface area contributed by atoms with Gasteiger partial charge in [0.05, 0.1) is 0 Å². The van der Waals surface area contributed by atoms with Crippen molar-refractivity contribution in [3.63, 3.8) is 0 Å². The van der Waals surface area contributed by atoms with E-state index in [0.717, 1.165) is 0 Å². The maximum Gasteiger partial charge on any atom is 0.265 e. The monoisotopic (exact) mass is 222 g/mol. The number of nitrogens with zero attached hydrogens (tertiary/aromatic N) is 1. The Hall–Kier alpha value is -1.95. The van der Waals surface area contributed by atoms with Crippen molar-refractivity contribution in [3.05, 3.63) is 30.1 Å². The van der Waals surface area contributed by atoms with Crippen LogP contribution in [-0.2, 0) is 4.79 Å². The molecule has 2 amide bonds. The summed E-state index contributed by atoms with van der Waals surface area (Å²) >= 11 is 0. The molecule has 0 atom stereocenters. The first-order chi connectivity index (χ1) is 7.74. The number of pyridine rings is 1. The zero-order valence-electron chi connectivity index (χ0n) is 8.99. The molecule has 0 fully saturated rings. The largest absolute Gasteiger partial charge is 0.359 e. The second-order valence-electron chi connectivity index (χ2n) is 3.04. The molecule has 0 saturated carbocycles. The summed E-state index contributed by atoms with van der Waals surface area (Å²) in [5, 5.41) is 2.48. The number of hydrogen-bond donors (Lipinski definition) is 3. The van der Waals surface area contributed by atoms with Gasteiger partial charge in [-0.05, 0) is 12.1 Å². The van der Waals surface area contributed by atoms with E-state index >= 15 is 0 Å². The Kier molecular flexibility index (Phi) is 4.94. The Labute approximate surface area is 93.4 Å². The molecule has 1 heterocycles. The average molecular weight is 222 g/mol. The summed E-state index contributed by atoms with van der Waals surface area (Å²) in [6, 6.07) is 3.21. The zero-order chi connectivity index (χ0) is 11.8. The summed E-state index contributed by atoms with van der Waals surface area (Å²) in [4.78, 5) is 26.1. The predicted molar refractivity (Wildman–Crippen MR) is 58.4 cm³/mol. The molecule has 0 spiro atoms. The lowest BCUT2D eigenvalue weighted by molar-refractivity contribution is -0.120. The molecule has 86 valence electrons. The highest BCUT2D eigenvalue weighted by Gasteiger charge is 2.03. The van der Waals surface area contributed by atoms with Crippen molar-refractivity contribution in [2.75, 3.05) is 13.6 Å². The van der Waals surface area contributed by atoms with E-state index in [2.05, 4.69) is 21.2 Å². The molecule has 0 radical (unpaired) electrons. The summed E-state index contributed by atoms with van der Waals surface area (Å²) in [6.07, 6.45) is 3.39. The second kappa shape index (κ2) is 6.52. The highest BCUT2D eigenvalue weighted by molar-refractivity contribution is 5.93. The normalized spacial score (nSPS) is 9.56. The lowest BCUT2D eigenvalue weighted by Crippen LogP contribution is -2.39.